The minimum Gasteiger partial charge on any atom is -0.444 e. The van der Waals surface area contributed by atoms with E-state index in [2.05, 4.69) is 10.3 Å². The molecule has 0 spiro atoms. The fourth-order valence-electron chi connectivity index (χ4n) is 2.66. The van der Waals surface area contributed by atoms with Crippen LogP contribution in [0.15, 0.2) is 18.3 Å². The van der Waals surface area contributed by atoms with Crippen molar-refractivity contribution in [1.82, 2.24) is 9.88 Å². The summed E-state index contributed by atoms with van der Waals surface area (Å²) in [5, 5.41) is 3.01. The number of nitrogens with one attached hydrogen (secondary N) is 1. The number of aromatic nitrogens is 1. The Hall–Kier alpha value is -1.99. The number of hydrogen-bond acceptors (Lipinski definition) is 4. The number of likely N-dealkylation sites (tertiary alicyclic amines) is 1. The molecule has 1 fully saturated rings. The van der Waals surface area contributed by atoms with Gasteiger partial charge in [-0.2, -0.15) is 13.2 Å². The Labute approximate surface area is 145 Å². The Balaban J connectivity index is 1.96. The van der Waals surface area contributed by atoms with Gasteiger partial charge in [-0.25, -0.2) is 9.78 Å². The first-order valence-electron chi connectivity index (χ1n) is 8.33. The van der Waals surface area contributed by atoms with Crippen molar-refractivity contribution in [3.8, 4) is 0 Å². The van der Waals surface area contributed by atoms with Gasteiger partial charge in [-0.05, 0) is 52.2 Å². The van der Waals surface area contributed by atoms with Gasteiger partial charge in [0.15, 0.2) is 0 Å². The number of ether oxygens (including phenoxy) is 1. The molecule has 5 nitrogen and oxygen atoms in total. The van der Waals surface area contributed by atoms with Gasteiger partial charge in [0.1, 0.15) is 11.4 Å². The van der Waals surface area contributed by atoms with E-state index in [4.69, 9.17) is 4.74 Å². The molecule has 0 aromatic carbocycles. The number of piperidine rings is 1. The summed E-state index contributed by atoms with van der Waals surface area (Å²) in [5.74, 6) is 0.350. The van der Waals surface area contributed by atoms with Crippen LogP contribution in [0.5, 0.6) is 0 Å². The van der Waals surface area contributed by atoms with Crippen molar-refractivity contribution in [3.05, 3.63) is 23.9 Å². The topological polar surface area (TPSA) is 54.5 Å². The van der Waals surface area contributed by atoms with Gasteiger partial charge in [-0.15, -0.1) is 0 Å². The van der Waals surface area contributed by atoms with Crippen LogP contribution in [0.4, 0.5) is 23.8 Å². The van der Waals surface area contributed by atoms with Crippen LogP contribution < -0.4 is 5.32 Å². The molecule has 1 aromatic heterocycles. The molecule has 140 valence electrons. The number of carbonyl (C=O) groups is 1. The standard InChI is InChI=1S/C17H24F3N3O2/c1-16(2,3)25-15(24)23-9-5-4-6-13(23)11-22-14-8-7-12(10-21-14)17(18,19)20/h7-8,10,13H,4-6,9,11H2,1-3H3,(H,21,22). The van der Waals surface area contributed by atoms with Gasteiger partial charge >= 0.3 is 12.3 Å². The molecular weight excluding hydrogens is 335 g/mol. The van der Waals surface area contributed by atoms with Gasteiger partial charge in [0, 0.05) is 19.3 Å². The highest BCUT2D eigenvalue weighted by Crippen LogP contribution is 2.29. The summed E-state index contributed by atoms with van der Waals surface area (Å²) >= 11 is 0. The van der Waals surface area contributed by atoms with Crippen LogP contribution in [-0.4, -0.2) is 40.7 Å². The van der Waals surface area contributed by atoms with E-state index in [0.717, 1.165) is 31.5 Å². The second kappa shape index (κ2) is 7.49. The third kappa shape index (κ3) is 5.79. The molecule has 0 saturated carbocycles. The van der Waals surface area contributed by atoms with Crippen molar-refractivity contribution in [2.24, 2.45) is 0 Å². The van der Waals surface area contributed by atoms with Crippen LogP contribution in [-0.2, 0) is 10.9 Å². The monoisotopic (exact) mass is 359 g/mol. The SMILES string of the molecule is CC(C)(C)OC(=O)N1CCCCC1CNc1ccc(C(F)(F)F)cn1. The number of pyridine rings is 1. The summed E-state index contributed by atoms with van der Waals surface area (Å²) in [6.07, 6.45) is -1.25. The molecular formula is C17H24F3N3O2. The van der Waals surface area contributed by atoms with Crippen molar-refractivity contribution in [1.29, 1.82) is 0 Å². The first-order chi connectivity index (χ1) is 11.6. The molecule has 1 N–H and O–H groups in total. The predicted octanol–water partition coefficient (Wildman–Crippen LogP) is 4.30. The van der Waals surface area contributed by atoms with E-state index in [1.165, 1.54) is 6.07 Å². The first-order valence-corrected chi connectivity index (χ1v) is 8.33. The van der Waals surface area contributed by atoms with E-state index in [1.54, 1.807) is 4.90 Å². The Morgan fingerprint density at radius 2 is 2.04 bits per heavy atom. The van der Waals surface area contributed by atoms with Crippen molar-refractivity contribution in [2.45, 2.75) is 57.9 Å². The van der Waals surface area contributed by atoms with Crippen LogP contribution >= 0.6 is 0 Å². The second-order valence-corrected chi connectivity index (χ2v) is 7.13. The lowest BCUT2D eigenvalue weighted by atomic mass is 10.0. The Bertz CT molecular complexity index is 582. The van der Waals surface area contributed by atoms with Gasteiger partial charge < -0.3 is 15.0 Å². The third-order valence-electron chi connectivity index (χ3n) is 3.86. The predicted molar refractivity (Wildman–Crippen MR) is 88.3 cm³/mol. The number of halogens is 3. The number of alkyl halides is 3. The van der Waals surface area contributed by atoms with Gasteiger partial charge in [0.25, 0.3) is 0 Å². The number of carbonyl (C=O) groups excluding carboxylic acids is 1. The highest BCUT2D eigenvalue weighted by Gasteiger charge is 2.32. The molecule has 1 amide bonds. The average molecular weight is 359 g/mol. The summed E-state index contributed by atoms with van der Waals surface area (Å²) in [5.41, 5.74) is -1.35. The number of anilines is 1. The third-order valence-corrected chi connectivity index (χ3v) is 3.86. The molecule has 1 aliphatic rings. The van der Waals surface area contributed by atoms with Crippen molar-refractivity contribution in [2.75, 3.05) is 18.4 Å². The second-order valence-electron chi connectivity index (χ2n) is 7.13. The maximum absolute atomic E-state index is 12.6. The molecule has 8 heteroatoms. The van der Waals surface area contributed by atoms with Gasteiger partial charge in [-0.3, -0.25) is 0 Å². The molecule has 1 aromatic rings. The molecule has 0 aliphatic carbocycles. The van der Waals surface area contributed by atoms with E-state index >= 15 is 0 Å². The molecule has 1 unspecified atom stereocenters. The minimum atomic E-state index is -4.40. The Morgan fingerprint density at radius 1 is 1.32 bits per heavy atom. The largest absolute Gasteiger partial charge is 0.444 e. The molecule has 0 radical (unpaired) electrons. The van der Waals surface area contributed by atoms with Gasteiger partial charge in [0.2, 0.25) is 0 Å². The Kier molecular flexibility index (Phi) is 5.80. The molecule has 0 bridgehead atoms. The van der Waals surface area contributed by atoms with Gasteiger partial charge in [-0.1, -0.05) is 0 Å². The summed E-state index contributed by atoms with van der Waals surface area (Å²) in [4.78, 5) is 17.8. The molecule has 1 saturated heterocycles. The number of rotatable bonds is 3. The van der Waals surface area contributed by atoms with Crippen LogP contribution in [0.25, 0.3) is 0 Å². The minimum absolute atomic E-state index is 0.0762. The number of amides is 1. The molecule has 2 heterocycles. The van der Waals surface area contributed by atoms with E-state index < -0.39 is 17.3 Å². The quantitative estimate of drug-likeness (QED) is 0.874. The lowest BCUT2D eigenvalue weighted by Gasteiger charge is -2.36. The first kappa shape index (κ1) is 19.3. The average Bonchev–Trinajstić information content (AvgIpc) is 2.51. The zero-order valence-electron chi connectivity index (χ0n) is 14.7. The summed E-state index contributed by atoms with van der Waals surface area (Å²) in [6.45, 7) is 6.47. The van der Waals surface area contributed by atoms with Crippen LogP contribution in [0, 0.1) is 0 Å². The molecule has 2 rings (SSSR count). The van der Waals surface area contributed by atoms with Crippen molar-refractivity contribution in [3.63, 3.8) is 0 Å². The molecule has 1 atom stereocenters. The van der Waals surface area contributed by atoms with Gasteiger partial charge in [0.05, 0.1) is 11.6 Å². The zero-order valence-corrected chi connectivity index (χ0v) is 14.7. The van der Waals surface area contributed by atoms with Crippen LogP contribution in [0.2, 0.25) is 0 Å². The van der Waals surface area contributed by atoms with Crippen LogP contribution in [0.3, 0.4) is 0 Å². The normalized spacial score (nSPS) is 18.8. The maximum Gasteiger partial charge on any atom is 0.417 e. The summed E-state index contributed by atoms with van der Waals surface area (Å²) in [6, 6.07) is 2.21. The zero-order chi connectivity index (χ0) is 18.7. The lowest BCUT2D eigenvalue weighted by molar-refractivity contribution is -0.137. The Morgan fingerprint density at radius 3 is 2.60 bits per heavy atom. The molecule has 25 heavy (non-hydrogen) atoms. The van der Waals surface area contributed by atoms with E-state index in [1.807, 2.05) is 20.8 Å². The number of nitrogens with zero attached hydrogens (tertiary/aromatic N) is 2. The maximum atomic E-state index is 12.6. The van der Waals surface area contributed by atoms with E-state index in [0.29, 0.717) is 18.9 Å². The molecule has 1 aliphatic heterocycles. The summed E-state index contributed by atoms with van der Waals surface area (Å²) < 4.78 is 43.1. The van der Waals surface area contributed by atoms with E-state index in [9.17, 15) is 18.0 Å². The number of hydrogen-bond donors (Lipinski definition) is 1. The smallest absolute Gasteiger partial charge is 0.417 e. The highest BCUT2D eigenvalue weighted by molar-refractivity contribution is 5.68. The fraction of sp³-hybridized carbons (Fsp3) is 0.647. The van der Waals surface area contributed by atoms with Crippen molar-refractivity contribution < 1.29 is 22.7 Å². The van der Waals surface area contributed by atoms with E-state index in [-0.39, 0.29) is 12.1 Å². The van der Waals surface area contributed by atoms with Crippen LogP contribution in [0.1, 0.15) is 45.6 Å². The van der Waals surface area contributed by atoms with Crippen molar-refractivity contribution >= 4 is 11.9 Å². The highest BCUT2D eigenvalue weighted by atomic mass is 19.4. The fourth-order valence-corrected chi connectivity index (χ4v) is 2.66. The summed E-state index contributed by atoms with van der Waals surface area (Å²) in [7, 11) is 0. The lowest BCUT2D eigenvalue weighted by Crippen LogP contribution is -2.48.